The molecule has 104 valence electrons. The standard InChI is InChI=1S/C17H24OS/c1-13(2)12-18-9-4-5-14(3)15-6-7-17-16(11-15)8-10-19-17/h6-8,10-11,13-14H,4-5,9,12H2,1-3H3. The molecule has 1 aromatic heterocycles. The minimum absolute atomic E-state index is 0.618. The van der Waals surface area contributed by atoms with Crippen LogP contribution in [0.1, 0.15) is 45.1 Å². The van der Waals surface area contributed by atoms with E-state index in [1.54, 1.807) is 0 Å². The van der Waals surface area contributed by atoms with Gasteiger partial charge in [0, 0.05) is 17.9 Å². The molecule has 2 rings (SSSR count). The van der Waals surface area contributed by atoms with Crippen molar-refractivity contribution in [2.24, 2.45) is 5.92 Å². The zero-order valence-electron chi connectivity index (χ0n) is 12.2. The number of hydrogen-bond donors (Lipinski definition) is 0. The molecule has 0 aliphatic heterocycles. The van der Waals surface area contributed by atoms with Crippen LogP contribution in [-0.4, -0.2) is 13.2 Å². The highest BCUT2D eigenvalue weighted by Gasteiger charge is 2.06. The molecule has 1 atom stereocenters. The maximum atomic E-state index is 5.64. The third-order valence-electron chi connectivity index (χ3n) is 3.42. The van der Waals surface area contributed by atoms with Crippen LogP contribution in [0.4, 0.5) is 0 Å². The van der Waals surface area contributed by atoms with E-state index in [1.807, 2.05) is 11.3 Å². The minimum atomic E-state index is 0.618. The lowest BCUT2D eigenvalue weighted by molar-refractivity contribution is 0.106. The number of ether oxygens (including phenoxy) is 1. The fraction of sp³-hybridized carbons (Fsp3) is 0.529. The van der Waals surface area contributed by atoms with Gasteiger partial charge in [0.15, 0.2) is 0 Å². The summed E-state index contributed by atoms with van der Waals surface area (Å²) in [7, 11) is 0. The summed E-state index contributed by atoms with van der Waals surface area (Å²) in [5, 5.41) is 3.55. The number of rotatable bonds is 7. The van der Waals surface area contributed by atoms with Crippen LogP contribution in [0.2, 0.25) is 0 Å². The van der Waals surface area contributed by atoms with E-state index in [0.29, 0.717) is 11.8 Å². The van der Waals surface area contributed by atoms with Crippen molar-refractivity contribution in [2.75, 3.05) is 13.2 Å². The molecule has 1 aromatic carbocycles. The normalized spacial score (nSPS) is 13.3. The van der Waals surface area contributed by atoms with Crippen LogP contribution in [0.5, 0.6) is 0 Å². The van der Waals surface area contributed by atoms with E-state index in [0.717, 1.165) is 19.6 Å². The van der Waals surface area contributed by atoms with Crippen LogP contribution in [0.3, 0.4) is 0 Å². The van der Waals surface area contributed by atoms with E-state index in [9.17, 15) is 0 Å². The van der Waals surface area contributed by atoms with Gasteiger partial charge in [0.05, 0.1) is 0 Å². The van der Waals surface area contributed by atoms with Crippen LogP contribution in [0.25, 0.3) is 10.1 Å². The van der Waals surface area contributed by atoms with Gasteiger partial charge in [-0.15, -0.1) is 11.3 Å². The zero-order chi connectivity index (χ0) is 13.7. The van der Waals surface area contributed by atoms with Gasteiger partial charge < -0.3 is 4.74 Å². The molecule has 0 aliphatic carbocycles. The lowest BCUT2D eigenvalue weighted by Crippen LogP contribution is -2.04. The monoisotopic (exact) mass is 276 g/mol. The average Bonchev–Trinajstić information content (AvgIpc) is 2.84. The Kier molecular flexibility index (Phi) is 5.41. The Bertz CT molecular complexity index is 501. The van der Waals surface area contributed by atoms with Gasteiger partial charge in [0.2, 0.25) is 0 Å². The van der Waals surface area contributed by atoms with E-state index in [2.05, 4.69) is 50.4 Å². The smallest absolute Gasteiger partial charge is 0.0488 e. The molecule has 2 heteroatoms. The third-order valence-corrected chi connectivity index (χ3v) is 4.32. The Morgan fingerprint density at radius 2 is 2.00 bits per heavy atom. The SMILES string of the molecule is CC(C)COCCCC(C)c1ccc2sccc2c1. The highest BCUT2D eigenvalue weighted by Crippen LogP contribution is 2.27. The molecular weight excluding hydrogens is 252 g/mol. The summed E-state index contributed by atoms with van der Waals surface area (Å²) < 4.78 is 7.03. The molecule has 0 amide bonds. The molecule has 0 radical (unpaired) electrons. The lowest BCUT2D eigenvalue weighted by Gasteiger charge is -2.12. The Morgan fingerprint density at radius 1 is 1.16 bits per heavy atom. The number of thiophene rings is 1. The molecule has 19 heavy (non-hydrogen) atoms. The molecule has 0 fully saturated rings. The summed E-state index contributed by atoms with van der Waals surface area (Å²) in [4.78, 5) is 0. The van der Waals surface area contributed by atoms with Crippen LogP contribution < -0.4 is 0 Å². The Balaban J connectivity index is 1.80. The third kappa shape index (κ3) is 4.32. The van der Waals surface area contributed by atoms with E-state index in [4.69, 9.17) is 4.74 Å². The largest absolute Gasteiger partial charge is 0.381 e. The Labute approximate surface area is 120 Å². The first kappa shape index (κ1) is 14.5. The molecule has 0 saturated carbocycles. The van der Waals surface area contributed by atoms with Crippen LogP contribution >= 0.6 is 11.3 Å². The quantitative estimate of drug-likeness (QED) is 0.610. The second-order valence-corrected chi connectivity index (χ2v) is 6.68. The molecule has 0 N–H and O–H groups in total. The number of benzene rings is 1. The van der Waals surface area contributed by atoms with Gasteiger partial charge in [-0.1, -0.05) is 32.9 Å². The fourth-order valence-corrected chi connectivity index (χ4v) is 3.04. The van der Waals surface area contributed by atoms with Gasteiger partial charge in [-0.05, 0) is 53.1 Å². The van der Waals surface area contributed by atoms with Gasteiger partial charge in [0.1, 0.15) is 0 Å². The summed E-state index contributed by atoms with van der Waals surface area (Å²) in [5.41, 5.74) is 1.45. The molecular formula is C17H24OS. The molecule has 0 bridgehead atoms. The second kappa shape index (κ2) is 7.06. The highest BCUT2D eigenvalue weighted by atomic mass is 32.1. The van der Waals surface area contributed by atoms with Gasteiger partial charge >= 0.3 is 0 Å². The average molecular weight is 276 g/mol. The van der Waals surface area contributed by atoms with Gasteiger partial charge in [0.25, 0.3) is 0 Å². The molecule has 2 aromatic rings. The summed E-state index contributed by atoms with van der Waals surface area (Å²) in [6, 6.07) is 9.08. The molecule has 0 spiro atoms. The summed E-state index contributed by atoms with van der Waals surface area (Å²) >= 11 is 1.81. The summed E-state index contributed by atoms with van der Waals surface area (Å²) in [5.74, 6) is 1.25. The van der Waals surface area contributed by atoms with E-state index in [-0.39, 0.29) is 0 Å². The van der Waals surface area contributed by atoms with Crippen molar-refractivity contribution in [2.45, 2.75) is 39.5 Å². The van der Waals surface area contributed by atoms with Crippen LogP contribution in [0.15, 0.2) is 29.6 Å². The van der Waals surface area contributed by atoms with E-state index < -0.39 is 0 Å². The van der Waals surface area contributed by atoms with E-state index >= 15 is 0 Å². The van der Waals surface area contributed by atoms with E-state index in [1.165, 1.54) is 22.1 Å². The predicted octanol–water partition coefficient (Wildman–Crippen LogP) is 5.46. The van der Waals surface area contributed by atoms with Crippen molar-refractivity contribution in [1.82, 2.24) is 0 Å². The first-order valence-electron chi connectivity index (χ1n) is 7.21. The molecule has 1 heterocycles. The number of hydrogen-bond acceptors (Lipinski definition) is 2. The topological polar surface area (TPSA) is 9.23 Å². The van der Waals surface area contributed by atoms with Gasteiger partial charge in [-0.3, -0.25) is 0 Å². The summed E-state index contributed by atoms with van der Waals surface area (Å²) in [6.07, 6.45) is 2.35. The van der Waals surface area contributed by atoms with Crippen molar-refractivity contribution in [3.8, 4) is 0 Å². The van der Waals surface area contributed by atoms with Crippen molar-refractivity contribution in [3.63, 3.8) is 0 Å². The van der Waals surface area contributed by atoms with Crippen LogP contribution in [-0.2, 0) is 4.74 Å². The zero-order valence-corrected chi connectivity index (χ0v) is 13.0. The van der Waals surface area contributed by atoms with Crippen molar-refractivity contribution in [1.29, 1.82) is 0 Å². The summed E-state index contributed by atoms with van der Waals surface area (Å²) in [6.45, 7) is 8.48. The number of fused-ring (bicyclic) bond motifs is 1. The molecule has 1 nitrogen and oxygen atoms in total. The molecule has 0 aliphatic rings. The first-order chi connectivity index (χ1) is 9.16. The minimum Gasteiger partial charge on any atom is -0.381 e. The molecule has 1 unspecified atom stereocenters. The Morgan fingerprint density at radius 3 is 2.79 bits per heavy atom. The van der Waals surface area contributed by atoms with Crippen LogP contribution in [0, 0.1) is 5.92 Å². The second-order valence-electron chi connectivity index (χ2n) is 5.73. The van der Waals surface area contributed by atoms with Crippen molar-refractivity contribution in [3.05, 3.63) is 35.2 Å². The highest BCUT2D eigenvalue weighted by molar-refractivity contribution is 7.17. The maximum Gasteiger partial charge on any atom is 0.0488 e. The fourth-order valence-electron chi connectivity index (χ4n) is 2.27. The first-order valence-corrected chi connectivity index (χ1v) is 8.09. The van der Waals surface area contributed by atoms with Crippen molar-refractivity contribution >= 4 is 21.4 Å². The molecule has 0 saturated heterocycles. The van der Waals surface area contributed by atoms with Crippen molar-refractivity contribution < 1.29 is 4.74 Å². The Hall–Kier alpha value is -0.860. The maximum absolute atomic E-state index is 5.64. The lowest BCUT2D eigenvalue weighted by atomic mass is 9.95. The predicted molar refractivity (Wildman–Crippen MR) is 85.1 cm³/mol. The van der Waals surface area contributed by atoms with Gasteiger partial charge in [-0.25, -0.2) is 0 Å². The van der Waals surface area contributed by atoms with Gasteiger partial charge in [-0.2, -0.15) is 0 Å².